The summed E-state index contributed by atoms with van der Waals surface area (Å²) in [6.07, 6.45) is 3.44. The predicted octanol–water partition coefficient (Wildman–Crippen LogP) is 3.80. The van der Waals surface area contributed by atoms with E-state index in [2.05, 4.69) is 15.0 Å². The van der Waals surface area contributed by atoms with Crippen molar-refractivity contribution >= 4 is 28.3 Å². The van der Waals surface area contributed by atoms with Gasteiger partial charge in [0.05, 0.1) is 35.4 Å². The summed E-state index contributed by atoms with van der Waals surface area (Å²) in [6.45, 7) is 4.87. The fourth-order valence-electron chi connectivity index (χ4n) is 4.35. The number of rotatable bonds is 3. The molecule has 1 aromatic carbocycles. The number of anilines is 1. The van der Waals surface area contributed by atoms with E-state index in [1.807, 2.05) is 20.2 Å². The number of benzene rings is 1. The van der Waals surface area contributed by atoms with Crippen molar-refractivity contribution in [1.29, 1.82) is 0 Å². The normalized spacial score (nSPS) is 18.6. The van der Waals surface area contributed by atoms with E-state index in [-0.39, 0.29) is 39.4 Å². The van der Waals surface area contributed by atoms with E-state index in [0.29, 0.717) is 30.2 Å². The van der Waals surface area contributed by atoms with E-state index in [0.717, 1.165) is 5.56 Å². The minimum absolute atomic E-state index is 0.0782. The molecule has 0 N–H and O–H groups in total. The van der Waals surface area contributed by atoms with Crippen LogP contribution in [0.1, 0.15) is 24.4 Å². The fraction of sp³-hybridized carbons (Fsp3) is 0.333. The molecule has 176 valence electrons. The van der Waals surface area contributed by atoms with Crippen LogP contribution in [0.25, 0.3) is 22.2 Å². The van der Waals surface area contributed by atoms with Crippen molar-refractivity contribution in [2.45, 2.75) is 26.1 Å². The highest BCUT2D eigenvalue weighted by molar-refractivity contribution is 6.30. The molecule has 0 spiro atoms. The van der Waals surface area contributed by atoms with Crippen molar-refractivity contribution < 1.29 is 9.13 Å². The van der Waals surface area contributed by atoms with Gasteiger partial charge >= 0.3 is 0 Å². The summed E-state index contributed by atoms with van der Waals surface area (Å²) in [4.78, 5) is 24.7. The third-order valence-corrected chi connectivity index (χ3v) is 6.37. The number of nitrogens with zero attached hydrogens (tertiary/aromatic N) is 6. The molecule has 0 radical (unpaired) electrons. The van der Waals surface area contributed by atoms with Gasteiger partial charge < -0.3 is 9.64 Å². The third kappa shape index (κ3) is 3.95. The highest BCUT2D eigenvalue weighted by atomic mass is 35.5. The lowest BCUT2D eigenvalue weighted by molar-refractivity contribution is -0.0176. The van der Waals surface area contributed by atoms with Crippen molar-refractivity contribution in [1.82, 2.24) is 24.3 Å². The van der Waals surface area contributed by atoms with Gasteiger partial charge in [-0.05, 0) is 32.0 Å². The zero-order valence-corrected chi connectivity index (χ0v) is 20.0. The molecule has 1 fully saturated rings. The standard InChI is InChI=1S/C24H24ClFN6O2/c1-13-10-32(12-20(34-13)15-9-27-30(3)11-15)21-8-19-22(24(33)31(4)14(2)28-19)23(29-21)17-6-5-16(25)7-18(17)26/h5-9,11,13,20H,10,12H2,1-4H3/t13-,20+/m0/s1. The largest absolute Gasteiger partial charge is 0.367 e. The molecule has 0 bridgehead atoms. The second-order valence-electron chi connectivity index (χ2n) is 8.66. The number of fused-ring (bicyclic) bond motifs is 1. The van der Waals surface area contributed by atoms with Gasteiger partial charge in [0.1, 0.15) is 23.6 Å². The summed E-state index contributed by atoms with van der Waals surface area (Å²) in [5.74, 6) is 0.603. The minimum atomic E-state index is -0.551. The SMILES string of the molecule is Cc1nc2cc(N3C[C@H](C)O[C@@H](c4cnn(C)c4)C3)nc(-c3ccc(Cl)cc3F)c2c(=O)n1C. The van der Waals surface area contributed by atoms with Gasteiger partial charge in [0, 0.05) is 49.1 Å². The van der Waals surface area contributed by atoms with E-state index in [1.54, 1.807) is 43.0 Å². The summed E-state index contributed by atoms with van der Waals surface area (Å²) in [6, 6.07) is 6.14. The van der Waals surface area contributed by atoms with E-state index in [9.17, 15) is 4.79 Å². The summed E-state index contributed by atoms with van der Waals surface area (Å²) in [5.41, 5.74) is 1.59. The topological polar surface area (TPSA) is 78.1 Å². The van der Waals surface area contributed by atoms with Gasteiger partial charge in [-0.25, -0.2) is 14.4 Å². The van der Waals surface area contributed by atoms with Crippen LogP contribution in [0.15, 0.2) is 41.5 Å². The molecular weight excluding hydrogens is 459 g/mol. The molecule has 0 amide bonds. The number of halogens is 2. The first-order chi connectivity index (χ1) is 16.2. The molecule has 0 unspecified atom stereocenters. The molecular formula is C24H24ClFN6O2. The van der Waals surface area contributed by atoms with Crippen molar-refractivity contribution in [2.75, 3.05) is 18.0 Å². The first-order valence-corrected chi connectivity index (χ1v) is 11.3. The van der Waals surface area contributed by atoms with Crippen LogP contribution < -0.4 is 10.5 Å². The Morgan fingerprint density at radius 3 is 2.68 bits per heavy atom. The summed E-state index contributed by atoms with van der Waals surface area (Å²) in [7, 11) is 3.50. The van der Waals surface area contributed by atoms with Crippen LogP contribution in [0, 0.1) is 12.7 Å². The minimum Gasteiger partial charge on any atom is -0.367 e. The molecule has 4 aromatic rings. The summed E-state index contributed by atoms with van der Waals surface area (Å²) in [5, 5.41) is 4.79. The lowest BCUT2D eigenvalue weighted by atomic mass is 10.1. The molecule has 1 aliphatic heterocycles. The molecule has 1 saturated heterocycles. The highest BCUT2D eigenvalue weighted by Gasteiger charge is 2.29. The Labute approximate surface area is 200 Å². The Morgan fingerprint density at radius 1 is 1.18 bits per heavy atom. The zero-order chi connectivity index (χ0) is 24.1. The van der Waals surface area contributed by atoms with Crippen molar-refractivity contribution in [3.05, 3.63) is 69.2 Å². The lowest BCUT2D eigenvalue weighted by Gasteiger charge is -2.37. The Morgan fingerprint density at radius 2 is 1.97 bits per heavy atom. The van der Waals surface area contributed by atoms with Gasteiger partial charge in [0.15, 0.2) is 0 Å². The van der Waals surface area contributed by atoms with Crippen LogP contribution in [0.4, 0.5) is 10.2 Å². The summed E-state index contributed by atoms with van der Waals surface area (Å²) >= 11 is 5.98. The Balaban J connectivity index is 1.69. The molecule has 3 aromatic heterocycles. The van der Waals surface area contributed by atoms with Gasteiger partial charge in [-0.1, -0.05) is 11.6 Å². The number of morpholine rings is 1. The molecule has 0 aliphatic carbocycles. The monoisotopic (exact) mass is 482 g/mol. The maximum Gasteiger partial charge on any atom is 0.263 e. The molecule has 4 heterocycles. The number of aryl methyl sites for hydroxylation is 2. The number of ether oxygens (including phenoxy) is 1. The number of aromatic nitrogens is 5. The average Bonchev–Trinajstić information content (AvgIpc) is 3.23. The van der Waals surface area contributed by atoms with E-state index in [1.165, 1.54) is 10.6 Å². The Kier molecular flexibility index (Phi) is 5.61. The maximum atomic E-state index is 15.0. The molecule has 10 heteroatoms. The van der Waals surface area contributed by atoms with Crippen molar-refractivity contribution in [2.24, 2.45) is 14.1 Å². The molecule has 0 saturated carbocycles. The van der Waals surface area contributed by atoms with Crippen LogP contribution in [0.5, 0.6) is 0 Å². The van der Waals surface area contributed by atoms with Gasteiger partial charge in [-0.2, -0.15) is 5.10 Å². The van der Waals surface area contributed by atoms with Crippen LogP contribution >= 0.6 is 11.6 Å². The quantitative estimate of drug-likeness (QED) is 0.442. The van der Waals surface area contributed by atoms with Gasteiger partial charge in [-0.15, -0.1) is 0 Å². The van der Waals surface area contributed by atoms with E-state index >= 15 is 4.39 Å². The highest BCUT2D eigenvalue weighted by Crippen LogP contribution is 2.33. The lowest BCUT2D eigenvalue weighted by Crippen LogP contribution is -2.43. The molecule has 8 nitrogen and oxygen atoms in total. The predicted molar refractivity (Wildman–Crippen MR) is 129 cm³/mol. The van der Waals surface area contributed by atoms with Crippen LogP contribution in [-0.2, 0) is 18.8 Å². The zero-order valence-electron chi connectivity index (χ0n) is 19.3. The van der Waals surface area contributed by atoms with Crippen molar-refractivity contribution in [3.63, 3.8) is 0 Å². The first kappa shape index (κ1) is 22.5. The third-order valence-electron chi connectivity index (χ3n) is 6.14. The number of hydrogen-bond acceptors (Lipinski definition) is 6. The van der Waals surface area contributed by atoms with Crippen LogP contribution in [-0.4, -0.2) is 43.5 Å². The second kappa shape index (κ2) is 8.48. The Hall–Kier alpha value is -3.30. The molecule has 1 aliphatic rings. The van der Waals surface area contributed by atoms with Gasteiger partial charge in [0.2, 0.25) is 0 Å². The summed E-state index contributed by atoms with van der Waals surface area (Å²) < 4.78 is 24.3. The molecule has 34 heavy (non-hydrogen) atoms. The molecule has 5 rings (SSSR count). The fourth-order valence-corrected chi connectivity index (χ4v) is 4.51. The van der Waals surface area contributed by atoms with Gasteiger partial charge in [0.25, 0.3) is 5.56 Å². The average molecular weight is 483 g/mol. The first-order valence-electron chi connectivity index (χ1n) is 10.9. The van der Waals surface area contributed by atoms with Crippen LogP contribution in [0.2, 0.25) is 5.02 Å². The Bertz CT molecular complexity index is 1470. The smallest absolute Gasteiger partial charge is 0.263 e. The van der Waals surface area contributed by atoms with E-state index in [4.69, 9.17) is 21.3 Å². The second-order valence-corrected chi connectivity index (χ2v) is 9.09. The number of hydrogen-bond donors (Lipinski definition) is 0. The maximum absolute atomic E-state index is 15.0. The molecule has 2 atom stereocenters. The van der Waals surface area contributed by atoms with E-state index < -0.39 is 5.82 Å². The van der Waals surface area contributed by atoms with Crippen LogP contribution in [0.3, 0.4) is 0 Å². The number of pyridine rings is 1. The van der Waals surface area contributed by atoms with Crippen molar-refractivity contribution in [3.8, 4) is 11.3 Å². The van der Waals surface area contributed by atoms with Gasteiger partial charge in [-0.3, -0.25) is 14.0 Å².